The number of hydrogen-bond acceptors (Lipinski definition) is 5. The first-order valence-electron chi connectivity index (χ1n) is 6.42. The lowest BCUT2D eigenvalue weighted by Gasteiger charge is -2.26. The van der Waals surface area contributed by atoms with Crippen molar-refractivity contribution in [3.05, 3.63) is 15.9 Å². The van der Waals surface area contributed by atoms with Gasteiger partial charge in [0.2, 0.25) is 0 Å². The van der Waals surface area contributed by atoms with Crippen molar-refractivity contribution in [1.29, 1.82) is 0 Å². The van der Waals surface area contributed by atoms with Crippen molar-refractivity contribution >= 4 is 15.9 Å². The smallest absolute Gasteiger partial charge is 0.174 e. The number of hydrazine groups is 1. The molecule has 1 heterocycles. The summed E-state index contributed by atoms with van der Waals surface area (Å²) in [6.45, 7) is 6.98. The van der Waals surface area contributed by atoms with Crippen LogP contribution in [0.2, 0.25) is 0 Å². The van der Waals surface area contributed by atoms with E-state index in [0.29, 0.717) is 19.6 Å². The maximum Gasteiger partial charge on any atom is 0.174 e. The third-order valence-electron chi connectivity index (χ3n) is 2.88. The van der Waals surface area contributed by atoms with Gasteiger partial charge in [-0.15, -0.1) is 0 Å². The van der Waals surface area contributed by atoms with Gasteiger partial charge in [-0.3, -0.25) is 16.0 Å². The summed E-state index contributed by atoms with van der Waals surface area (Å²) in [5.41, 5.74) is 4.79. The molecule has 1 atom stereocenters. The molecule has 1 rings (SSSR count). The Morgan fingerprint density at radius 1 is 1.37 bits per heavy atom. The third-order valence-corrected chi connectivity index (χ3v) is 3.91. The van der Waals surface area contributed by atoms with Gasteiger partial charge in [-0.25, -0.2) is 0 Å². The van der Waals surface area contributed by atoms with Gasteiger partial charge in [-0.1, -0.05) is 0 Å². The lowest BCUT2D eigenvalue weighted by Crippen LogP contribution is -2.48. The third kappa shape index (κ3) is 4.25. The monoisotopic (exact) mass is 334 g/mol. The second-order valence-electron chi connectivity index (χ2n) is 4.23. The van der Waals surface area contributed by atoms with Gasteiger partial charge >= 0.3 is 0 Å². The molecule has 1 aromatic heterocycles. The number of aromatic nitrogens is 2. The van der Waals surface area contributed by atoms with Crippen LogP contribution in [-0.4, -0.2) is 35.3 Å². The minimum atomic E-state index is -0.373. The van der Waals surface area contributed by atoms with Gasteiger partial charge in [0.15, 0.2) is 6.29 Å². The number of nitrogens with two attached hydrogens (primary N) is 1. The molecule has 1 unspecified atom stereocenters. The molecule has 3 N–H and O–H groups in total. The molecule has 0 saturated carbocycles. The number of rotatable bonds is 8. The summed E-state index contributed by atoms with van der Waals surface area (Å²) in [5, 5.41) is 4.37. The molecule has 0 bridgehead atoms. The number of nitrogens with one attached hydrogen (secondary N) is 1. The van der Waals surface area contributed by atoms with Crippen LogP contribution in [-0.2, 0) is 22.9 Å². The van der Waals surface area contributed by atoms with Crippen LogP contribution in [0.4, 0.5) is 0 Å². The molecule has 0 aliphatic rings. The highest BCUT2D eigenvalue weighted by Gasteiger charge is 2.24. The summed E-state index contributed by atoms with van der Waals surface area (Å²) >= 11 is 3.55. The largest absolute Gasteiger partial charge is 0.351 e. The highest BCUT2D eigenvalue weighted by molar-refractivity contribution is 9.10. The van der Waals surface area contributed by atoms with Crippen LogP contribution in [0, 0.1) is 6.92 Å². The van der Waals surface area contributed by atoms with E-state index in [9.17, 15) is 0 Å². The zero-order chi connectivity index (χ0) is 14.4. The van der Waals surface area contributed by atoms with Crippen LogP contribution in [0.5, 0.6) is 0 Å². The van der Waals surface area contributed by atoms with E-state index in [1.54, 1.807) is 0 Å². The van der Waals surface area contributed by atoms with Crippen LogP contribution in [0.1, 0.15) is 25.2 Å². The molecule has 19 heavy (non-hydrogen) atoms. The Labute approximate surface area is 122 Å². The quantitative estimate of drug-likeness (QED) is 0.425. The van der Waals surface area contributed by atoms with Crippen molar-refractivity contribution < 1.29 is 9.47 Å². The maximum absolute atomic E-state index is 5.63. The topological polar surface area (TPSA) is 74.3 Å². The Balaban J connectivity index is 2.84. The van der Waals surface area contributed by atoms with Gasteiger partial charge in [0.1, 0.15) is 0 Å². The fraction of sp³-hybridized carbons (Fsp3) is 0.750. The second kappa shape index (κ2) is 7.96. The van der Waals surface area contributed by atoms with Gasteiger partial charge < -0.3 is 9.47 Å². The SMILES string of the molecule is CCOC(OCC)C(Cc1c(Br)c(C)nn1C)NN. The second-order valence-corrected chi connectivity index (χ2v) is 5.02. The van der Waals surface area contributed by atoms with Crippen molar-refractivity contribution in [1.82, 2.24) is 15.2 Å². The molecule has 0 radical (unpaired) electrons. The summed E-state index contributed by atoms with van der Waals surface area (Å²) in [5.74, 6) is 5.63. The van der Waals surface area contributed by atoms with E-state index in [4.69, 9.17) is 15.3 Å². The van der Waals surface area contributed by atoms with Crippen LogP contribution in [0.3, 0.4) is 0 Å². The maximum atomic E-state index is 5.63. The van der Waals surface area contributed by atoms with Gasteiger partial charge in [0.05, 0.1) is 21.9 Å². The van der Waals surface area contributed by atoms with E-state index in [1.165, 1.54) is 0 Å². The minimum Gasteiger partial charge on any atom is -0.351 e. The first kappa shape index (κ1) is 16.6. The molecule has 1 aromatic rings. The zero-order valence-electron chi connectivity index (χ0n) is 11.9. The molecule has 0 amide bonds. The van der Waals surface area contributed by atoms with Gasteiger partial charge in [0, 0.05) is 26.7 Å². The van der Waals surface area contributed by atoms with Gasteiger partial charge in [-0.05, 0) is 36.7 Å². The Morgan fingerprint density at radius 2 is 1.95 bits per heavy atom. The first-order valence-corrected chi connectivity index (χ1v) is 7.21. The highest BCUT2D eigenvalue weighted by atomic mass is 79.9. The average Bonchev–Trinajstić information content (AvgIpc) is 2.61. The number of nitrogens with zero attached hydrogens (tertiary/aromatic N) is 2. The molecule has 0 spiro atoms. The van der Waals surface area contributed by atoms with E-state index >= 15 is 0 Å². The molecule has 7 heteroatoms. The molecule has 110 valence electrons. The molecule has 6 nitrogen and oxygen atoms in total. The fourth-order valence-electron chi connectivity index (χ4n) is 1.95. The van der Waals surface area contributed by atoms with Crippen LogP contribution < -0.4 is 11.3 Å². The molecule has 0 aliphatic heterocycles. The number of halogens is 1. The van der Waals surface area contributed by atoms with Crippen LogP contribution in [0.25, 0.3) is 0 Å². The van der Waals surface area contributed by atoms with Crippen molar-refractivity contribution in [2.24, 2.45) is 12.9 Å². The predicted molar refractivity (Wildman–Crippen MR) is 77.5 cm³/mol. The van der Waals surface area contributed by atoms with E-state index in [0.717, 1.165) is 15.9 Å². The van der Waals surface area contributed by atoms with Gasteiger partial charge in [-0.2, -0.15) is 5.10 Å². The van der Waals surface area contributed by atoms with Crippen LogP contribution in [0.15, 0.2) is 4.47 Å². The zero-order valence-corrected chi connectivity index (χ0v) is 13.5. The molecule has 0 aromatic carbocycles. The Kier molecular flexibility index (Phi) is 6.95. The fourth-order valence-corrected chi connectivity index (χ4v) is 2.45. The highest BCUT2D eigenvalue weighted by Crippen LogP contribution is 2.22. The van der Waals surface area contributed by atoms with E-state index in [1.807, 2.05) is 32.5 Å². The van der Waals surface area contributed by atoms with E-state index in [2.05, 4.69) is 26.5 Å². The van der Waals surface area contributed by atoms with E-state index in [-0.39, 0.29) is 12.3 Å². The van der Waals surface area contributed by atoms with Crippen molar-refractivity contribution in [2.75, 3.05) is 13.2 Å². The van der Waals surface area contributed by atoms with Crippen molar-refractivity contribution in [3.63, 3.8) is 0 Å². The van der Waals surface area contributed by atoms with Crippen LogP contribution >= 0.6 is 15.9 Å². The standard InChI is InChI=1S/C12H23BrN4O2/c1-5-18-12(19-6-2)9(15-14)7-10-11(13)8(3)16-17(10)4/h9,12,15H,5-7,14H2,1-4H3. The lowest BCUT2D eigenvalue weighted by molar-refractivity contribution is -0.154. The molecule has 0 saturated heterocycles. The van der Waals surface area contributed by atoms with Gasteiger partial charge in [0.25, 0.3) is 0 Å². The summed E-state index contributed by atoms with van der Waals surface area (Å²) in [6.07, 6.45) is 0.293. The Hall–Kier alpha value is -0.470. The normalized spacial score (nSPS) is 13.2. The Morgan fingerprint density at radius 3 is 2.32 bits per heavy atom. The predicted octanol–water partition coefficient (Wildman–Crippen LogP) is 1.26. The molecular weight excluding hydrogens is 312 g/mol. The average molecular weight is 335 g/mol. The summed E-state index contributed by atoms with van der Waals surface area (Å²) in [7, 11) is 1.91. The number of ether oxygens (including phenoxy) is 2. The number of aryl methyl sites for hydroxylation is 2. The first-order chi connectivity index (χ1) is 9.04. The lowest BCUT2D eigenvalue weighted by atomic mass is 10.1. The molecule has 0 aliphatic carbocycles. The summed E-state index contributed by atoms with van der Waals surface area (Å²) < 4.78 is 14.0. The molecular formula is C12H23BrN4O2. The van der Waals surface area contributed by atoms with Crippen molar-refractivity contribution in [2.45, 2.75) is 39.5 Å². The van der Waals surface area contributed by atoms with Crippen molar-refractivity contribution in [3.8, 4) is 0 Å². The number of hydrogen-bond donors (Lipinski definition) is 2. The summed E-state index contributed by atoms with van der Waals surface area (Å²) in [4.78, 5) is 0. The van der Waals surface area contributed by atoms with E-state index < -0.39 is 0 Å². The molecule has 0 fully saturated rings. The minimum absolute atomic E-state index is 0.133. The Bertz CT molecular complexity index is 391. The summed E-state index contributed by atoms with van der Waals surface area (Å²) in [6, 6.07) is -0.133.